The summed E-state index contributed by atoms with van der Waals surface area (Å²) in [5, 5.41) is 0. The molecule has 0 radical (unpaired) electrons. The Morgan fingerprint density at radius 2 is 1.76 bits per heavy atom. The fourth-order valence-corrected chi connectivity index (χ4v) is 3.33. The number of hydrogen-bond donors (Lipinski definition) is 0. The van der Waals surface area contributed by atoms with Gasteiger partial charge < -0.3 is 9.47 Å². The van der Waals surface area contributed by atoms with Crippen LogP contribution in [0, 0.1) is 5.92 Å². The Morgan fingerprint density at radius 3 is 2.44 bits per heavy atom. The summed E-state index contributed by atoms with van der Waals surface area (Å²) in [6.07, 6.45) is 3.20. The second-order valence-electron chi connectivity index (χ2n) is 6.62. The lowest BCUT2D eigenvalue weighted by molar-refractivity contribution is -0.0640. The van der Waals surface area contributed by atoms with E-state index in [-0.39, 0.29) is 24.1 Å². The molecule has 132 valence electrons. The lowest BCUT2D eigenvalue weighted by Gasteiger charge is -2.18. The number of ketones is 1. The second-order valence-corrected chi connectivity index (χ2v) is 6.62. The van der Waals surface area contributed by atoms with Crippen LogP contribution in [0.2, 0.25) is 0 Å². The van der Waals surface area contributed by atoms with Crippen molar-refractivity contribution in [3.63, 3.8) is 0 Å². The van der Waals surface area contributed by atoms with Crippen molar-refractivity contribution >= 4 is 5.78 Å². The Balaban J connectivity index is 1.49. The van der Waals surface area contributed by atoms with Gasteiger partial charge in [0, 0.05) is 17.9 Å². The lowest BCUT2D eigenvalue weighted by Crippen LogP contribution is -2.23. The van der Waals surface area contributed by atoms with Gasteiger partial charge in [-0.2, -0.15) is 0 Å². The fraction of sp³-hybridized carbons (Fsp3) is 0.409. The van der Waals surface area contributed by atoms with Crippen LogP contribution < -0.4 is 0 Å². The zero-order valence-electron chi connectivity index (χ0n) is 14.8. The number of ether oxygens (including phenoxy) is 2. The van der Waals surface area contributed by atoms with Crippen molar-refractivity contribution in [2.45, 2.75) is 45.0 Å². The van der Waals surface area contributed by atoms with Gasteiger partial charge in [0.1, 0.15) is 0 Å². The third kappa shape index (κ3) is 5.00. The molecule has 2 aromatic carbocycles. The minimum Gasteiger partial charge on any atom is -0.350 e. The molecule has 1 saturated heterocycles. The minimum absolute atomic E-state index is 0.0103. The molecule has 0 bridgehead atoms. The van der Waals surface area contributed by atoms with Crippen LogP contribution in [0.4, 0.5) is 0 Å². The van der Waals surface area contributed by atoms with E-state index in [1.165, 1.54) is 5.56 Å². The van der Waals surface area contributed by atoms with Crippen molar-refractivity contribution in [3.05, 3.63) is 71.8 Å². The predicted octanol–water partition coefficient (Wildman–Crippen LogP) is 4.66. The van der Waals surface area contributed by atoms with Crippen molar-refractivity contribution in [2.24, 2.45) is 5.92 Å². The Morgan fingerprint density at radius 1 is 1.08 bits per heavy atom. The molecule has 0 saturated carbocycles. The van der Waals surface area contributed by atoms with Crippen molar-refractivity contribution < 1.29 is 14.3 Å². The zero-order chi connectivity index (χ0) is 17.5. The highest BCUT2D eigenvalue weighted by molar-refractivity contribution is 5.97. The van der Waals surface area contributed by atoms with E-state index in [0.717, 1.165) is 31.2 Å². The summed E-state index contributed by atoms with van der Waals surface area (Å²) in [6.45, 7) is 2.65. The van der Waals surface area contributed by atoms with E-state index in [4.69, 9.17) is 9.47 Å². The number of aryl methyl sites for hydroxylation is 1. The maximum absolute atomic E-state index is 12.7. The van der Waals surface area contributed by atoms with Gasteiger partial charge in [-0.15, -0.1) is 0 Å². The largest absolute Gasteiger partial charge is 0.350 e. The van der Waals surface area contributed by atoms with Crippen LogP contribution in [-0.2, 0) is 15.9 Å². The third-order valence-electron chi connectivity index (χ3n) is 4.79. The summed E-state index contributed by atoms with van der Waals surface area (Å²) in [6, 6.07) is 19.9. The molecule has 0 amide bonds. The zero-order valence-corrected chi connectivity index (χ0v) is 14.8. The van der Waals surface area contributed by atoms with E-state index < -0.39 is 0 Å². The molecule has 2 aromatic rings. The van der Waals surface area contributed by atoms with Gasteiger partial charge in [-0.3, -0.25) is 4.79 Å². The van der Waals surface area contributed by atoms with Crippen molar-refractivity contribution in [1.82, 2.24) is 0 Å². The van der Waals surface area contributed by atoms with Crippen molar-refractivity contribution in [3.8, 4) is 0 Å². The van der Waals surface area contributed by atoms with Crippen LogP contribution >= 0.6 is 0 Å². The van der Waals surface area contributed by atoms with E-state index in [9.17, 15) is 4.79 Å². The summed E-state index contributed by atoms with van der Waals surface area (Å²) < 4.78 is 11.8. The molecule has 3 rings (SSSR count). The molecule has 1 fully saturated rings. The Hall–Kier alpha value is -1.97. The molecule has 1 heterocycles. The van der Waals surface area contributed by atoms with E-state index >= 15 is 0 Å². The van der Waals surface area contributed by atoms with Gasteiger partial charge in [0.25, 0.3) is 0 Å². The molecule has 0 N–H and O–H groups in total. The quantitative estimate of drug-likeness (QED) is 0.657. The first kappa shape index (κ1) is 17.8. The van der Waals surface area contributed by atoms with Gasteiger partial charge in [-0.25, -0.2) is 0 Å². The summed E-state index contributed by atoms with van der Waals surface area (Å²) in [4.78, 5) is 12.7. The molecule has 1 aliphatic rings. The van der Waals surface area contributed by atoms with E-state index in [2.05, 4.69) is 31.2 Å². The minimum atomic E-state index is -0.158. The second kappa shape index (κ2) is 8.93. The topological polar surface area (TPSA) is 35.5 Å². The standard InChI is InChI=1S/C22H26O3/c1-2-18(22(23)19-11-7-4-8-12-19)15-20-16-24-21(25-20)14-13-17-9-5-3-6-10-17/h3-12,18,20-21H,2,13-16H2,1H3. The predicted molar refractivity (Wildman–Crippen MR) is 98.5 cm³/mol. The lowest BCUT2D eigenvalue weighted by atomic mass is 9.90. The Labute approximate surface area is 150 Å². The normalized spacial score (nSPS) is 21.2. The number of benzene rings is 2. The third-order valence-corrected chi connectivity index (χ3v) is 4.79. The Kier molecular flexibility index (Phi) is 6.37. The van der Waals surface area contributed by atoms with Crippen LogP contribution in [0.3, 0.4) is 0 Å². The van der Waals surface area contributed by atoms with Crippen molar-refractivity contribution in [2.75, 3.05) is 6.61 Å². The molecule has 25 heavy (non-hydrogen) atoms. The van der Waals surface area contributed by atoms with Gasteiger partial charge in [-0.05, 0) is 24.8 Å². The highest BCUT2D eigenvalue weighted by atomic mass is 16.7. The Bertz CT molecular complexity index is 653. The molecule has 3 atom stereocenters. The monoisotopic (exact) mass is 338 g/mol. The first-order chi connectivity index (χ1) is 12.3. The summed E-state index contributed by atoms with van der Waals surface area (Å²) in [5.41, 5.74) is 2.08. The van der Waals surface area contributed by atoms with Crippen molar-refractivity contribution in [1.29, 1.82) is 0 Å². The highest BCUT2D eigenvalue weighted by Gasteiger charge is 2.30. The van der Waals surface area contributed by atoms with Gasteiger partial charge >= 0.3 is 0 Å². The average molecular weight is 338 g/mol. The number of carbonyl (C=O) groups excluding carboxylic acids is 1. The molecular formula is C22H26O3. The molecule has 3 heteroatoms. The van der Waals surface area contributed by atoms with Gasteiger partial charge in [-0.1, -0.05) is 67.6 Å². The number of rotatable bonds is 8. The first-order valence-corrected chi connectivity index (χ1v) is 9.16. The van der Waals surface area contributed by atoms with Crippen LogP contribution in [0.15, 0.2) is 60.7 Å². The van der Waals surface area contributed by atoms with E-state index in [0.29, 0.717) is 6.61 Å². The molecule has 3 unspecified atom stereocenters. The summed E-state index contributed by atoms with van der Waals surface area (Å²) in [7, 11) is 0. The van der Waals surface area contributed by atoms with E-state index in [1.54, 1.807) is 0 Å². The smallest absolute Gasteiger partial charge is 0.166 e. The van der Waals surface area contributed by atoms with Crippen LogP contribution in [0.25, 0.3) is 0 Å². The molecular weight excluding hydrogens is 312 g/mol. The van der Waals surface area contributed by atoms with Gasteiger partial charge in [0.2, 0.25) is 0 Å². The van der Waals surface area contributed by atoms with E-state index in [1.807, 2.05) is 36.4 Å². The van der Waals surface area contributed by atoms with Crippen LogP contribution in [0.1, 0.15) is 42.1 Å². The summed E-state index contributed by atoms with van der Waals surface area (Å²) in [5.74, 6) is 0.198. The highest BCUT2D eigenvalue weighted by Crippen LogP contribution is 2.25. The molecule has 0 aliphatic carbocycles. The maximum Gasteiger partial charge on any atom is 0.166 e. The number of carbonyl (C=O) groups is 1. The maximum atomic E-state index is 12.7. The number of hydrogen-bond acceptors (Lipinski definition) is 3. The molecule has 0 spiro atoms. The SMILES string of the molecule is CCC(CC1COC(CCc2ccccc2)O1)C(=O)c1ccccc1. The summed E-state index contributed by atoms with van der Waals surface area (Å²) >= 11 is 0. The fourth-order valence-electron chi connectivity index (χ4n) is 3.33. The average Bonchev–Trinajstić information content (AvgIpc) is 3.13. The first-order valence-electron chi connectivity index (χ1n) is 9.16. The van der Waals surface area contributed by atoms with Crippen LogP contribution in [-0.4, -0.2) is 24.8 Å². The molecule has 3 nitrogen and oxygen atoms in total. The van der Waals surface area contributed by atoms with Gasteiger partial charge in [0.15, 0.2) is 12.1 Å². The molecule has 1 aliphatic heterocycles. The van der Waals surface area contributed by atoms with Crippen LogP contribution in [0.5, 0.6) is 0 Å². The van der Waals surface area contributed by atoms with Gasteiger partial charge in [0.05, 0.1) is 12.7 Å². The number of Topliss-reactive ketones (excluding diaryl/α,β-unsaturated/α-hetero) is 1. The molecule has 0 aromatic heterocycles.